The molecule has 1 heterocycles. The third-order valence-electron chi connectivity index (χ3n) is 3.26. The molecule has 1 fully saturated rings. The van der Waals surface area contributed by atoms with Crippen LogP contribution in [0, 0.1) is 17.1 Å². The maximum Gasteiger partial charge on any atom is 0.244 e. The number of halogens is 1. The van der Waals surface area contributed by atoms with Crippen LogP contribution in [0.25, 0.3) is 0 Å². The molecule has 4 nitrogen and oxygen atoms in total. The van der Waals surface area contributed by atoms with Crippen molar-refractivity contribution in [1.29, 1.82) is 5.26 Å². The second kappa shape index (κ2) is 5.81. The van der Waals surface area contributed by atoms with Crippen LogP contribution in [0.3, 0.4) is 0 Å². The number of carbonyl (C=O) groups excluding carboxylic acids is 1. The smallest absolute Gasteiger partial charge is 0.244 e. The van der Waals surface area contributed by atoms with E-state index in [0.29, 0.717) is 12.2 Å². The molecule has 0 bridgehead atoms. The zero-order chi connectivity index (χ0) is 13.8. The second-order valence-corrected chi connectivity index (χ2v) is 4.52. The monoisotopic (exact) mass is 261 g/mol. The number of amides is 1. The minimum atomic E-state index is -0.465. The number of anilines is 1. The normalized spacial score (nSPS) is 19.3. The number of nitriles is 1. The van der Waals surface area contributed by atoms with E-state index in [1.807, 2.05) is 13.0 Å². The van der Waals surface area contributed by atoms with Crippen LogP contribution in [-0.4, -0.2) is 25.0 Å². The van der Waals surface area contributed by atoms with Gasteiger partial charge in [-0.25, -0.2) is 4.39 Å². The van der Waals surface area contributed by atoms with Gasteiger partial charge in [0.15, 0.2) is 0 Å². The van der Waals surface area contributed by atoms with Crippen molar-refractivity contribution in [3.8, 4) is 6.07 Å². The fraction of sp³-hybridized carbons (Fsp3) is 0.429. The van der Waals surface area contributed by atoms with Gasteiger partial charge in [-0.3, -0.25) is 4.79 Å². The number of rotatable bonds is 3. The van der Waals surface area contributed by atoms with Gasteiger partial charge in [0.05, 0.1) is 17.3 Å². The molecule has 2 rings (SSSR count). The number of piperidine rings is 1. The number of nitrogens with zero attached hydrogens (tertiary/aromatic N) is 2. The van der Waals surface area contributed by atoms with Crippen LogP contribution in [0.15, 0.2) is 18.2 Å². The summed E-state index contributed by atoms with van der Waals surface area (Å²) in [6.45, 7) is 3.24. The summed E-state index contributed by atoms with van der Waals surface area (Å²) in [7, 11) is 0. The van der Waals surface area contributed by atoms with E-state index in [4.69, 9.17) is 5.26 Å². The summed E-state index contributed by atoms with van der Waals surface area (Å²) < 4.78 is 13.1. The van der Waals surface area contributed by atoms with Crippen LogP contribution < -0.4 is 10.2 Å². The van der Waals surface area contributed by atoms with Gasteiger partial charge in [0, 0.05) is 6.54 Å². The molecule has 1 aromatic carbocycles. The van der Waals surface area contributed by atoms with Gasteiger partial charge in [0.25, 0.3) is 0 Å². The van der Waals surface area contributed by atoms with Crippen molar-refractivity contribution in [2.75, 3.05) is 18.0 Å². The Kier molecular flexibility index (Phi) is 4.13. The van der Waals surface area contributed by atoms with Crippen LogP contribution in [0.4, 0.5) is 10.1 Å². The lowest BCUT2D eigenvalue weighted by Gasteiger charge is -2.33. The molecule has 0 saturated carbocycles. The summed E-state index contributed by atoms with van der Waals surface area (Å²) in [6.07, 6.45) is 1.66. The summed E-state index contributed by atoms with van der Waals surface area (Å²) in [6, 6.07) is 5.68. The van der Waals surface area contributed by atoms with E-state index in [0.717, 1.165) is 19.4 Å². The molecule has 100 valence electrons. The standard InChI is InChI=1S/C14H16FN3O/c1-2-17-12-4-3-7-18(14(12)19)13-6-5-11(15)8-10(13)9-16/h5-6,8,12,17H,2-4,7H2,1H3. The summed E-state index contributed by atoms with van der Waals surface area (Å²) in [5.41, 5.74) is 0.696. The Labute approximate surface area is 111 Å². The third-order valence-corrected chi connectivity index (χ3v) is 3.26. The lowest BCUT2D eigenvalue weighted by Crippen LogP contribution is -2.51. The van der Waals surface area contributed by atoms with Crippen molar-refractivity contribution in [3.63, 3.8) is 0 Å². The topological polar surface area (TPSA) is 56.1 Å². The van der Waals surface area contributed by atoms with Gasteiger partial charge in [-0.05, 0) is 37.6 Å². The molecule has 0 radical (unpaired) electrons. The molecule has 19 heavy (non-hydrogen) atoms. The first-order chi connectivity index (χ1) is 9.17. The molecule has 1 atom stereocenters. The van der Waals surface area contributed by atoms with Crippen molar-refractivity contribution in [2.45, 2.75) is 25.8 Å². The highest BCUT2D eigenvalue weighted by Crippen LogP contribution is 2.25. The Hall–Kier alpha value is -1.93. The molecule has 0 aliphatic carbocycles. The molecule has 1 N–H and O–H groups in total. The van der Waals surface area contributed by atoms with Crippen molar-refractivity contribution < 1.29 is 9.18 Å². The van der Waals surface area contributed by atoms with E-state index in [2.05, 4.69) is 5.32 Å². The van der Waals surface area contributed by atoms with Crippen molar-refractivity contribution >= 4 is 11.6 Å². The fourth-order valence-corrected chi connectivity index (χ4v) is 2.38. The first-order valence-electron chi connectivity index (χ1n) is 6.41. The number of hydrogen-bond acceptors (Lipinski definition) is 3. The van der Waals surface area contributed by atoms with Crippen molar-refractivity contribution in [2.24, 2.45) is 0 Å². The third kappa shape index (κ3) is 2.74. The lowest BCUT2D eigenvalue weighted by atomic mass is 10.0. The minimum absolute atomic E-state index is 0.0452. The lowest BCUT2D eigenvalue weighted by molar-refractivity contribution is -0.121. The highest BCUT2D eigenvalue weighted by Gasteiger charge is 2.30. The van der Waals surface area contributed by atoms with Crippen molar-refractivity contribution in [3.05, 3.63) is 29.6 Å². The Balaban J connectivity index is 2.31. The number of likely N-dealkylation sites (N-methyl/N-ethyl adjacent to an activating group) is 1. The maximum atomic E-state index is 13.1. The summed E-state index contributed by atoms with van der Waals surface area (Å²) in [5, 5.41) is 12.2. The number of hydrogen-bond donors (Lipinski definition) is 1. The van der Waals surface area contributed by atoms with Gasteiger partial charge in [0.2, 0.25) is 5.91 Å². The van der Waals surface area contributed by atoms with Gasteiger partial charge < -0.3 is 10.2 Å². The van der Waals surface area contributed by atoms with E-state index >= 15 is 0 Å². The van der Waals surface area contributed by atoms with Gasteiger partial charge >= 0.3 is 0 Å². The highest BCUT2D eigenvalue weighted by molar-refractivity contribution is 5.99. The first kappa shape index (κ1) is 13.5. The second-order valence-electron chi connectivity index (χ2n) is 4.52. The Morgan fingerprint density at radius 1 is 1.58 bits per heavy atom. The SMILES string of the molecule is CCNC1CCCN(c2ccc(F)cc2C#N)C1=O. The molecule has 1 saturated heterocycles. The molecule has 0 aromatic heterocycles. The van der Waals surface area contributed by atoms with Gasteiger partial charge in [-0.1, -0.05) is 6.92 Å². The molecule has 1 amide bonds. The van der Waals surface area contributed by atoms with E-state index in [9.17, 15) is 9.18 Å². The summed E-state index contributed by atoms with van der Waals surface area (Å²) >= 11 is 0. The fourth-order valence-electron chi connectivity index (χ4n) is 2.38. The predicted molar refractivity (Wildman–Crippen MR) is 70.2 cm³/mol. The highest BCUT2D eigenvalue weighted by atomic mass is 19.1. The average molecular weight is 261 g/mol. The van der Waals surface area contributed by atoms with Crippen LogP contribution in [0.2, 0.25) is 0 Å². The maximum absolute atomic E-state index is 13.1. The van der Waals surface area contributed by atoms with E-state index in [-0.39, 0.29) is 17.5 Å². The Bertz CT molecular complexity index is 522. The van der Waals surface area contributed by atoms with E-state index in [1.165, 1.54) is 18.2 Å². The quantitative estimate of drug-likeness (QED) is 0.902. The molecule has 1 aliphatic rings. The number of benzene rings is 1. The van der Waals surface area contributed by atoms with Crippen LogP contribution in [-0.2, 0) is 4.79 Å². The number of carbonyl (C=O) groups is 1. The Morgan fingerprint density at radius 2 is 2.37 bits per heavy atom. The molecule has 5 heteroatoms. The van der Waals surface area contributed by atoms with Crippen LogP contribution >= 0.6 is 0 Å². The van der Waals surface area contributed by atoms with Crippen LogP contribution in [0.5, 0.6) is 0 Å². The summed E-state index contributed by atoms with van der Waals surface area (Å²) in [4.78, 5) is 13.9. The predicted octanol–water partition coefficient (Wildman–Crippen LogP) is 1.80. The van der Waals surface area contributed by atoms with E-state index < -0.39 is 5.82 Å². The van der Waals surface area contributed by atoms with Gasteiger partial charge in [-0.2, -0.15) is 5.26 Å². The minimum Gasteiger partial charge on any atom is -0.310 e. The molecular weight excluding hydrogens is 245 g/mol. The van der Waals surface area contributed by atoms with E-state index in [1.54, 1.807) is 4.90 Å². The summed E-state index contributed by atoms with van der Waals surface area (Å²) in [5.74, 6) is -0.510. The van der Waals surface area contributed by atoms with Gasteiger partial charge in [-0.15, -0.1) is 0 Å². The van der Waals surface area contributed by atoms with Crippen LogP contribution in [0.1, 0.15) is 25.3 Å². The molecule has 1 aliphatic heterocycles. The van der Waals surface area contributed by atoms with Gasteiger partial charge in [0.1, 0.15) is 11.9 Å². The zero-order valence-electron chi connectivity index (χ0n) is 10.8. The molecule has 1 unspecified atom stereocenters. The first-order valence-corrected chi connectivity index (χ1v) is 6.41. The molecule has 1 aromatic rings. The number of nitrogens with one attached hydrogen (secondary N) is 1. The molecule has 0 spiro atoms. The van der Waals surface area contributed by atoms with Crippen molar-refractivity contribution in [1.82, 2.24) is 5.32 Å². The Morgan fingerprint density at radius 3 is 3.05 bits per heavy atom. The average Bonchev–Trinajstić information content (AvgIpc) is 2.42. The molecular formula is C14H16FN3O. The largest absolute Gasteiger partial charge is 0.310 e. The zero-order valence-corrected chi connectivity index (χ0v) is 10.8.